The summed E-state index contributed by atoms with van der Waals surface area (Å²) < 4.78 is 52.5. The molecule has 1 saturated heterocycles. The third-order valence-electron chi connectivity index (χ3n) is 5.26. The van der Waals surface area contributed by atoms with E-state index >= 15 is 0 Å². The lowest BCUT2D eigenvalue weighted by atomic mass is 10.1. The van der Waals surface area contributed by atoms with Gasteiger partial charge in [-0.25, -0.2) is 21.6 Å². The van der Waals surface area contributed by atoms with Crippen LogP contribution in [0.5, 0.6) is 0 Å². The lowest BCUT2D eigenvalue weighted by Gasteiger charge is -2.24. The minimum atomic E-state index is -3.98. The zero-order valence-electron chi connectivity index (χ0n) is 18.0. The molecule has 10 nitrogen and oxygen atoms in total. The van der Waals surface area contributed by atoms with Gasteiger partial charge in [0.2, 0.25) is 31.9 Å². The first kappa shape index (κ1) is 25.4. The van der Waals surface area contributed by atoms with Gasteiger partial charge in [0.1, 0.15) is 12.1 Å². The van der Waals surface area contributed by atoms with Gasteiger partial charge in [0.25, 0.3) is 0 Å². The molecule has 13 heteroatoms. The molecule has 1 fully saturated rings. The van der Waals surface area contributed by atoms with Crippen LogP contribution in [0.3, 0.4) is 0 Å². The molecule has 33 heavy (non-hydrogen) atoms. The number of amides is 2. The van der Waals surface area contributed by atoms with E-state index in [1.165, 1.54) is 24.0 Å². The Hall–Kier alpha value is -2.25. The van der Waals surface area contributed by atoms with Crippen molar-refractivity contribution in [3.63, 3.8) is 0 Å². The summed E-state index contributed by atoms with van der Waals surface area (Å²) >= 11 is 5.96. The number of fused-ring (bicyclic) bond motifs is 1. The van der Waals surface area contributed by atoms with Gasteiger partial charge < -0.3 is 10.2 Å². The number of carbonyl (C=O) groups is 2. The molecule has 0 aliphatic carbocycles. The maximum atomic E-state index is 12.9. The standard InChI is InChI=1S/C20H25ClN4O6S2/c1-13(19(26)22-8-9-23-32(2,28)29)25-10-7-18(20(25)27)24-33(30,31)17-6-4-14-11-16(21)5-3-15(14)12-17/h3-6,11-13,18,23-24H,7-10H2,1-2H3,(H,22,26). The Morgan fingerprint density at radius 1 is 1.12 bits per heavy atom. The molecular weight excluding hydrogens is 492 g/mol. The highest BCUT2D eigenvalue weighted by Crippen LogP contribution is 2.24. The average molecular weight is 517 g/mol. The van der Waals surface area contributed by atoms with Crippen LogP contribution in [0.15, 0.2) is 41.3 Å². The van der Waals surface area contributed by atoms with Crippen LogP contribution < -0.4 is 14.8 Å². The van der Waals surface area contributed by atoms with Crippen LogP contribution in [0.2, 0.25) is 5.02 Å². The van der Waals surface area contributed by atoms with Gasteiger partial charge in [-0.05, 0) is 48.4 Å². The molecule has 2 atom stereocenters. The first-order chi connectivity index (χ1) is 15.4. The number of likely N-dealkylation sites (tertiary alicyclic amines) is 1. The van der Waals surface area contributed by atoms with Crippen molar-refractivity contribution in [2.45, 2.75) is 30.3 Å². The average Bonchev–Trinajstić information content (AvgIpc) is 3.08. The molecule has 0 aromatic heterocycles. The number of nitrogens with one attached hydrogen (secondary N) is 3. The van der Waals surface area contributed by atoms with Crippen LogP contribution in [0, 0.1) is 0 Å². The van der Waals surface area contributed by atoms with E-state index in [9.17, 15) is 26.4 Å². The molecule has 0 spiro atoms. The third-order valence-corrected chi connectivity index (χ3v) is 7.69. The highest BCUT2D eigenvalue weighted by atomic mass is 35.5. The van der Waals surface area contributed by atoms with Crippen molar-refractivity contribution in [3.05, 3.63) is 41.4 Å². The maximum Gasteiger partial charge on any atom is 0.242 e. The van der Waals surface area contributed by atoms with E-state index in [1.807, 2.05) is 0 Å². The van der Waals surface area contributed by atoms with Gasteiger partial charge in [-0.3, -0.25) is 9.59 Å². The fourth-order valence-corrected chi connectivity index (χ4v) is 5.44. The minimum Gasteiger partial charge on any atom is -0.353 e. The third kappa shape index (κ3) is 6.42. The summed E-state index contributed by atoms with van der Waals surface area (Å²) in [6.07, 6.45) is 1.23. The van der Waals surface area contributed by atoms with E-state index in [4.69, 9.17) is 11.6 Å². The van der Waals surface area contributed by atoms with Gasteiger partial charge >= 0.3 is 0 Å². The second-order valence-electron chi connectivity index (χ2n) is 7.78. The molecule has 180 valence electrons. The smallest absolute Gasteiger partial charge is 0.242 e. The Bertz CT molecular complexity index is 1280. The van der Waals surface area contributed by atoms with Crippen molar-refractivity contribution in [2.75, 3.05) is 25.9 Å². The van der Waals surface area contributed by atoms with Crippen LogP contribution in [0.1, 0.15) is 13.3 Å². The monoisotopic (exact) mass is 516 g/mol. The summed E-state index contributed by atoms with van der Waals surface area (Å²) in [5, 5.41) is 4.57. The molecule has 0 radical (unpaired) electrons. The molecule has 2 unspecified atom stereocenters. The van der Waals surface area contributed by atoms with E-state index < -0.39 is 43.9 Å². The molecular formula is C20H25ClN4O6S2. The van der Waals surface area contributed by atoms with Crippen molar-refractivity contribution < 1.29 is 26.4 Å². The predicted molar refractivity (Wildman–Crippen MR) is 125 cm³/mol. The molecule has 1 aliphatic heterocycles. The van der Waals surface area contributed by atoms with Gasteiger partial charge in [0.05, 0.1) is 11.2 Å². The summed E-state index contributed by atoms with van der Waals surface area (Å²) in [6.45, 7) is 1.81. The van der Waals surface area contributed by atoms with E-state index in [2.05, 4.69) is 14.8 Å². The van der Waals surface area contributed by atoms with Crippen molar-refractivity contribution in [1.29, 1.82) is 0 Å². The van der Waals surface area contributed by atoms with Crippen molar-refractivity contribution in [3.8, 4) is 0 Å². The largest absolute Gasteiger partial charge is 0.353 e. The lowest BCUT2D eigenvalue weighted by molar-refractivity contribution is -0.137. The Balaban J connectivity index is 1.62. The molecule has 3 N–H and O–H groups in total. The number of carbonyl (C=O) groups excluding carboxylic acids is 2. The fraction of sp³-hybridized carbons (Fsp3) is 0.400. The van der Waals surface area contributed by atoms with Gasteiger partial charge in [0.15, 0.2) is 0 Å². The van der Waals surface area contributed by atoms with E-state index in [0.29, 0.717) is 10.4 Å². The van der Waals surface area contributed by atoms with Crippen LogP contribution in [-0.2, 0) is 29.6 Å². The summed E-state index contributed by atoms with van der Waals surface area (Å²) in [4.78, 5) is 26.4. The highest BCUT2D eigenvalue weighted by molar-refractivity contribution is 7.89. The van der Waals surface area contributed by atoms with Crippen LogP contribution >= 0.6 is 11.6 Å². The lowest BCUT2D eigenvalue weighted by Crippen LogP contribution is -2.50. The fourth-order valence-electron chi connectivity index (χ4n) is 3.52. The minimum absolute atomic E-state index is 0.0195. The topological polar surface area (TPSA) is 142 Å². The maximum absolute atomic E-state index is 12.9. The quantitative estimate of drug-likeness (QED) is 0.412. The van der Waals surface area contributed by atoms with Crippen LogP contribution in [0.4, 0.5) is 0 Å². The summed E-state index contributed by atoms with van der Waals surface area (Å²) in [5.41, 5.74) is 0. The SMILES string of the molecule is CC(C(=O)NCCNS(C)(=O)=O)N1CCC(NS(=O)(=O)c2ccc3cc(Cl)ccc3c2)C1=O. The van der Waals surface area contributed by atoms with Gasteiger partial charge in [-0.1, -0.05) is 23.7 Å². The molecule has 2 amide bonds. The van der Waals surface area contributed by atoms with E-state index in [0.717, 1.165) is 11.6 Å². The molecule has 0 bridgehead atoms. The predicted octanol–water partition coefficient (Wildman–Crippen LogP) is 0.426. The van der Waals surface area contributed by atoms with E-state index in [1.54, 1.807) is 24.3 Å². The molecule has 2 aromatic carbocycles. The Morgan fingerprint density at radius 2 is 1.79 bits per heavy atom. The summed E-state index contributed by atoms with van der Waals surface area (Å²) in [7, 11) is -7.34. The Kier molecular flexibility index (Phi) is 7.64. The summed E-state index contributed by atoms with van der Waals surface area (Å²) in [5.74, 6) is -0.960. The number of hydrogen-bond acceptors (Lipinski definition) is 6. The second-order valence-corrected chi connectivity index (χ2v) is 11.8. The number of nitrogens with zero attached hydrogens (tertiary/aromatic N) is 1. The van der Waals surface area contributed by atoms with Crippen molar-refractivity contribution in [2.24, 2.45) is 0 Å². The molecule has 1 heterocycles. The number of halogens is 1. The first-order valence-corrected chi connectivity index (χ1v) is 13.9. The zero-order chi connectivity index (χ0) is 24.4. The first-order valence-electron chi connectivity index (χ1n) is 10.1. The summed E-state index contributed by atoms with van der Waals surface area (Å²) in [6, 6.07) is 7.87. The molecule has 3 rings (SSSR count). The number of benzene rings is 2. The normalized spacial score (nSPS) is 18.0. The molecule has 2 aromatic rings. The Morgan fingerprint density at radius 3 is 2.48 bits per heavy atom. The molecule has 0 saturated carbocycles. The number of hydrogen-bond donors (Lipinski definition) is 3. The van der Waals surface area contributed by atoms with Gasteiger partial charge in [-0.2, -0.15) is 4.72 Å². The van der Waals surface area contributed by atoms with Crippen molar-refractivity contribution in [1.82, 2.24) is 19.7 Å². The van der Waals surface area contributed by atoms with Gasteiger partial charge in [-0.15, -0.1) is 0 Å². The van der Waals surface area contributed by atoms with Gasteiger partial charge in [0, 0.05) is 24.7 Å². The van der Waals surface area contributed by atoms with E-state index in [-0.39, 0.29) is 31.0 Å². The highest BCUT2D eigenvalue weighted by Gasteiger charge is 2.39. The van der Waals surface area contributed by atoms with Crippen LogP contribution in [0.25, 0.3) is 10.8 Å². The van der Waals surface area contributed by atoms with Crippen LogP contribution in [-0.4, -0.2) is 71.5 Å². The zero-order valence-corrected chi connectivity index (χ0v) is 20.4. The second kappa shape index (κ2) is 9.94. The number of sulfonamides is 2. The van der Waals surface area contributed by atoms with Crippen molar-refractivity contribution >= 4 is 54.2 Å². The molecule has 1 aliphatic rings. The Labute approximate surface area is 197 Å². The number of rotatable bonds is 9.